The summed E-state index contributed by atoms with van der Waals surface area (Å²) >= 11 is 12.2. The second-order valence-corrected chi connectivity index (χ2v) is 4.54. The Kier molecular flexibility index (Phi) is 3.81. The molecule has 0 N–H and O–H groups in total. The molecule has 82 valence electrons. The van der Waals surface area contributed by atoms with Gasteiger partial charge in [-0.1, -0.05) is 23.7 Å². The number of rotatable bonds is 3. The van der Waals surface area contributed by atoms with Gasteiger partial charge in [-0.05, 0) is 41.8 Å². The first-order valence-electron chi connectivity index (χ1n) is 5.04. The SMILES string of the molecule is Clc1ccc(C(Cl)Cc2ccncc2)cc1. The molecule has 0 saturated heterocycles. The number of hydrogen-bond donors (Lipinski definition) is 0. The third-order valence-corrected chi connectivity index (χ3v) is 3.05. The summed E-state index contributed by atoms with van der Waals surface area (Å²) in [7, 11) is 0. The van der Waals surface area contributed by atoms with Gasteiger partial charge in [0.2, 0.25) is 0 Å². The van der Waals surface area contributed by atoms with Crippen LogP contribution >= 0.6 is 23.2 Å². The van der Waals surface area contributed by atoms with Crippen molar-refractivity contribution in [2.75, 3.05) is 0 Å². The zero-order chi connectivity index (χ0) is 11.4. The fourth-order valence-corrected chi connectivity index (χ4v) is 1.96. The van der Waals surface area contributed by atoms with Crippen molar-refractivity contribution in [3.8, 4) is 0 Å². The zero-order valence-electron chi connectivity index (χ0n) is 8.61. The molecule has 0 amide bonds. The predicted octanol–water partition coefficient (Wildman–Crippen LogP) is 4.26. The maximum atomic E-state index is 6.33. The number of halogens is 2. The molecule has 16 heavy (non-hydrogen) atoms. The van der Waals surface area contributed by atoms with Crippen LogP contribution in [0.2, 0.25) is 5.02 Å². The van der Waals surface area contributed by atoms with Crippen molar-refractivity contribution in [2.24, 2.45) is 0 Å². The van der Waals surface area contributed by atoms with Crippen LogP contribution in [0.3, 0.4) is 0 Å². The molecule has 3 heteroatoms. The maximum Gasteiger partial charge on any atom is 0.0625 e. The van der Waals surface area contributed by atoms with E-state index in [1.165, 1.54) is 5.56 Å². The first-order chi connectivity index (χ1) is 7.75. The molecule has 0 aliphatic carbocycles. The normalized spacial score (nSPS) is 12.4. The van der Waals surface area contributed by atoms with Crippen LogP contribution in [0.1, 0.15) is 16.5 Å². The van der Waals surface area contributed by atoms with Crippen molar-refractivity contribution in [3.63, 3.8) is 0 Å². The van der Waals surface area contributed by atoms with Crippen LogP contribution in [0.5, 0.6) is 0 Å². The van der Waals surface area contributed by atoms with Crippen molar-refractivity contribution in [1.82, 2.24) is 4.98 Å². The maximum absolute atomic E-state index is 6.33. The zero-order valence-corrected chi connectivity index (χ0v) is 10.1. The molecule has 1 aromatic heterocycles. The number of alkyl halides is 1. The topological polar surface area (TPSA) is 12.9 Å². The quantitative estimate of drug-likeness (QED) is 0.744. The smallest absolute Gasteiger partial charge is 0.0625 e. The molecule has 1 heterocycles. The molecule has 0 bridgehead atoms. The second-order valence-electron chi connectivity index (χ2n) is 3.58. The minimum Gasteiger partial charge on any atom is -0.265 e. The number of hydrogen-bond acceptors (Lipinski definition) is 1. The van der Waals surface area contributed by atoms with Gasteiger partial charge in [0.15, 0.2) is 0 Å². The van der Waals surface area contributed by atoms with Gasteiger partial charge in [0.05, 0.1) is 5.38 Å². The summed E-state index contributed by atoms with van der Waals surface area (Å²) in [4.78, 5) is 3.98. The average Bonchev–Trinajstić information content (AvgIpc) is 2.31. The van der Waals surface area contributed by atoms with Gasteiger partial charge in [0, 0.05) is 17.4 Å². The van der Waals surface area contributed by atoms with Crippen LogP contribution in [-0.4, -0.2) is 4.98 Å². The van der Waals surface area contributed by atoms with Crippen LogP contribution in [0, 0.1) is 0 Å². The van der Waals surface area contributed by atoms with E-state index in [0.717, 1.165) is 17.0 Å². The van der Waals surface area contributed by atoms with Crippen molar-refractivity contribution in [1.29, 1.82) is 0 Å². The fraction of sp³-hybridized carbons (Fsp3) is 0.154. The first kappa shape index (κ1) is 11.4. The Labute approximate surface area is 105 Å². The molecule has 2 rings (SSSR count). The lowest BCUT2D eigenvalue weighted by Gasteiger charge is -2.09. The third kappa shape index (κ3) is 2.97. The van der Waals surface area contributed by atoms with E-state index >= 15 is 0 Å². The largest absolute Gasteiger partial charge is 0.265 e. The summed E-state index contributed by atoms with van der Waals surface area (Å²) in [5, 5.41) is 0.705. The van der Waals surface area contributed by atoms with E-state index in [4.69, 9.17) is 23.2 Å². The highest BCUT2D eigenvalue weighted by molar-refractivity contribution is 6.30. The molecule has 0 radical (unpaired) electrons. The van der Waals surface area contributed by atoms with Crippen LogP contribution in [0.4, 0.5) is 0 Å². The molecule has 1 unspecified atom stereocenters. The van der Waals surface area contributed by atoms with Gasteiger partial charge in [-0.2, -0.15) is 0 Å². The minimum atomic E-state index is -0.0281. The molecule has 1 aromatic carbocycles. The summed E-state index contributed by atoms with van der Waals surface area (Å²) in [6, 6.07) is 11.6. The van der Waals surface area contributed by atoms with E-state index in [2.05, 4.69) is 4.98 Å². The molecule has 0 aliphatic rings. The Balaban J connectivity index is 2.09. The summed E-state index contributed by atoms with van der Waals surface area (Å²) in [6.07, 6.45) is 4.35. The number of benzene rings is 1. The van der Waals surface area contributed by atoms with E-state index in [1.54, 1.807) is 12.4 Å². The monoisotopic (exact) mass is 251 g/mol. The minimum absolute atomic E-state index is 0.0281. The van der Waals surface area contributed by atoms with Crippen LogP contribution < -0.4 is 0 Å². The Morgan fingerprint density at radius 3 is 2.25 bits per heavy atom. The number of nitrogens with zero attached hydrogens (tertiary/aromatic N) is 1. The van der Waals surface area contributed by atoms with Crippen LogP contribution in [0.25, 0.3) is 0 Å². The number of pyridine rings is 1. The van der Waals surface area contributed by atoms with Crippen molar-refractivity contribution >= 4 is 23.2 Å². The fourth-order valence-electron chi connectivity index (χ4n) is 1.52. The molecule has 0 saturated carbocycles. The molecule has 0 aliphatic heterocycles. The highest BCUT2D eigenvalue weighted by atomic mass is 35.5. The van der Waals surface area contributed by atoms with Gasteiger partial charge in [0.25, 0.3) is 0 Å². The van der Waals surface area contributed by atoms with Gasteiger partial charge >= 0.3 is 0 Å². The molecule has 0 spiro atoms. The van der Waals surface area contributed by atoms with Gasteiger partial charge in [-0.25, -0.2) is 0 Å². The molecule has 2 aromatic rings. The Hall–Kier alpha value is -1.05. The van der Waals surface area contributed by atoms with Crippen molar-refractivity contribution < 1.29 is 0 Å². The molecule has 1 nitrogen and oxygen atoms in total. The Morgan fingerprint density at radius 1 is 1.00 bits per heavy atom. The lowest BCUT2D eigenvalue weighted by atomic mass is 10.1. The van der Waals surface area contributed by atoms with Gasteiger partial charge < -0.3 is 0 Å². The van der Waals surface area contributed by atoms with Crippen LogP contribution in [-0.2, 0) is 6.42 Å². The second kappa shape index (κ2) is 5.33. The molecular formula is C13H11Cl2N. The van der Waals surface area contributed by atoms with E-state index in [1.807, 2.05) is 36.4 Å². The lowest BCUT2D eigenvalue weighted by molar-refractivity contribution is 0.916. The summed E-state index contributed by atoms with van der Waals surface area (Å²) in [5.74, 6) is 0. The van der Waals surface area contributed by atoms with E-state index in [-0.39, 0.29) is 5.38 Å². The van der Waals surface area contributed by atoms with E-state index < -0.39 is 0 Å². The highest BCUT2D eigenvalue weighted by Crippen LogP contribution is 2.25. The Morgan fingerprint density at radius 2 is 1.62 bits per heavy atom. The van der Waals surface area contributed by atoms with Crippen molar-refractivity contribution in [3.05, 3.63) is 64.9 Å². The van der Waals surface area contributed by atoms with E-state index in [0.29, 0.717) is 0 Å². The average molecular weight is 252 g/mol. The standard InChI is InChI=1S/C13H11Cl2N/c14-12-3-1-11(2-4-12)13(15)9-10-5-7-16-8-6-10/h1-8,13H,9H2. The number of aromatic nitrogens is 1. The molecule has 1 atom stereocenters. The van der Waals surface area contributed by atoms with Crippen molar-refractivity contribution in [2.45, 2.75) is 11.8 Å². The highest BCUT2D eigenvalue weighted by Gasteiger charge is 2.08. The predicted molar refractivity (Wildman–Crippen MR) is 68.0 cm³/mol. The molecular weight excluding hydrogens is 241 g/mol. The van der Waals surface area contributed by atoms with Crippen LogP contribution in [0.15, 0.2) is 48.8 Å². The van der Waals surface area contributed by atoms with Gasteiger partial charge in [0.1, 0.15) is 0 Å². The summed E-state index contributed by atoms with van der Waals surface area (Å²) in [6.45, 7) is 0. The lowest BCUT2D eigenvalue weighted by Crippen LogP contribution is -1.95. The summed E-state index contributed by atoms with van der Waals surface area (Å²) in [5.41, 5.74) is 2.27. The third-order valence-electron chi connectivity index (χ3n) is 2.40. The van der Waals surface area contributed by atoms with Gasteiger partial charge in [-0.15, -0.1) is 11.6 Å². The van der Waals surface area contributed by atoms with E-state index in [9.17, 15) is 0 Å². The van der Waals surface area contributed by atoms with Gasteiger partial charge in [-0.3, -0.25) is 4.98 Å². The summed E-state index contributed by atoms with van der Waals surface area (Å²) < 4.78 is 0. The molecule has 0 fully saturated rings. The Bertz CT molecular complexity index is 439. The first-order valence-corrected chi connectivity index (χ1v) is 5.85.